The van der Waals surface area contributed by atoms with Crippen molar-refractivity contribution >= 4 is 17.5 Å². The predicted octanol–water partition coefficient (Wildman–Crippen LogP) is 0.928. The fraction of sp³-hybridized carbons (Fsp3) is 0.467. The van der Waals surface area contributed by atoms with Crippen molar-refractivity contribution in [3.05, 3.63) is 29.3 Å². The van der Waals surface area contributed by atoms with Gasteiger partial charge in [0.15, 0.2) is 0 Å². The number of rotatable bonds is 1. The average Bonchev–Trinajstić information content (AvgIpc) is 2.83. The normalized spacial score (nSPS) is 25.2. The van der Waals surface area contributed by atoms with Crippen LogP contribution in [0.3, 0.4) is 0 Å². The van der Waals surface area contributed by atoms with E-state index in [0.29, 0.717) is 24.3 Å². The second-order valence-corrected chi connectivity index (χ2v) is 5.60. The smallest absolute Gasteiger partial charge is 0.256 e. The molecule has 0 bridgehead atoms. The fourth-order valence-electron chi connectivity index (χ4n) is 3.23. The van der Waals surface area contributed by atoms with Gasteiger partial charge in [0.25, 0.3) is 5.91 Å². The van der Waals surface area contributed by atoms with Crippen LogP contribution in [0, 0.1) is 12.8 Å². The highest BCUT2D eigenvalue weighted by molar-refractivity contribution is 6.00. The number of hydrogen-bond donors (Lipinski definition) is 2. The first kappa shape index (κ1) is 13.0. The Balaban J connectivity index is 1.90. The Hall–Kier alpha value is -2.04. The van der Waals surface area contributed by atoms with Crippen LogP contribution in [0.15, 0.2) is 18.2 Å². The highest BCUT2D eigenvalue weighted by Gasteiger charge is 2.42. The van der Waals surface area contributed by atoms with E-state index in [1.807, 2.05) is 24.0 Å². The topological polar surface area (TPSA) is 75.4 Å². The van der Waals surface area contributed by atoms with Crippen molar-refractivity contribution in [2.75, 3.05) is 18.8 Å². The first-order valence-electron chi connectivity index (χ1n) is 7.03. The van der Waals surface area contributed by atoms with Crippen molar-refractivity contribution in [3.8, 4) is 0 Å². The number of benzene rings is 1. The Bertz CT molecular complexity index is 570. The number of nitrogens with zero attached hydrogens (tertiary/aromatic N) is 1. The molecule has 0 spiro atoms. The van der Waals surface area contributed by atoms with Gasteiger partial charge in [0.05, 0.1) is 17.5 Å². The van der Waals surface area contributed by atoms with Crippen LogP contribution in [0.25, 0.3) is 0 Å². The van der Waals surface area contributed by atoms with Gasteiger partial charge in [-0.1, -0.05) is 12.1 Å². The van der Waals surface area contributed by atoms with E-state index in [2.05, 4.69) is 5.32 Å². The van der Waals surface area contributed by atoms with Crippen molar-refractivity contribution < 1.29 is 9.59 Å². The molecule has 0 saturated carbocycles. The summed E-state index contributed by atoms with van der Waals surface area (Å²) in [6.07, 6.45) is 1.73. The molecule has 2 heterocycles. The number of nitrogens with two attached hydrogens (primary N) is 1. The Morgan fingerprint density at radius 3 is 3.05 bits per heavy atom. The average molecular weight is 273 g/mol. The van der Waals surface area contributed by atoms with E-state index in [1.165, 1.54) is 0 Å². The zero-order valence-electron chi connectivity index (χ0n) is 11.6. The van der Waals surface area contributed by atoms with E-state index in [-0.39, 0.29) is 23.8 Å². The van der Waals surface area contributed by atoms with E-state index in [0.717, 1.165) is 18.4 Å². The third kappa shape index (κ3) is 1.94. The summed E-state index contributed by atoms with van der Waals surface area (Å²) in [4.78, 5) is 26.3. The molecule has 5 nitrogen and oxygen atoms in total. The van der Waals surface area contributed by atoms with Gasteiger partial charge < -0.3 is 16.0 Å². The molecule has 2 unspecified atom stereocenters. The van der Waals surface area contributed by atoms with E-state index in [4.69, 9.17) is 5.73 Å². The number of likely N-dealkylation sites (tertiary alicyclic amines) is 1. The molecule has 20 heavy (non-hydrogen) atoms. The van der Waals surface area contributed by atoms with E-state index < -0.39 is 0 Å². The van der Waals surface area contributed by atoms with Crippen LogP contribution in [-0.4, -0.2) is 35.8 Å². The second kappa shape index (κ2) is 4.81. The number of amides is 2. The summed E-state index contributed by atoms with van der Waals surface area (Å²) in [7, 11) is 0. The first-order chi connectivity index (χ1) is 9.59. The molecule has 3 rings (SSSR count). The van der Waals surface area contributed by atoms with Crippen molar-refractivity contribution in [3.63, 3.8) is 0 Å². The maximum absolute atomic E-state index is 12.7. The van der Waals surface area contributed by atoms with Gasteiger partial charge >= 0.3 is 0 Å². The lowest BCUT2D eigenvalue weighted by atomic mass is 9.90. The van der Waals surface area contributed by atoms with Gasteiger partial charge in [-0.2, -0.15) is 0 Å². The number of anilines is 1. The first-order valence-corrected chi connectivity index (χ1v) is 7.03. The molecule has 2 amide bonds. The highest BCUT2D eigenvalue weighted by Crippen LogP contribution is 2.29. The molecule has 106 valence electrons. The summed E-state index contributed by atoms with van der Waals surface area (Å²) in [6, 6.07) is 5.48. The number of hydrogen-bond acceptors (Lipinski definition) is 3. The molecule has 1 aromatic rings. The number of nitrogens with one attached hydrogen (secondary N) is 1. The summed E-state index contributed by atoms with van der Waals surface area (Å²) in [5.74, 6) is -0.0409. The van der Waals surface area contributed by atoms with Crippen molar-refractivity contribution in [2.45, 2.75) is 25.8 Å². The minimum atomic E-state index is -0.0580. The molecule has 1 aromatic carbocycles. The predicted molar refractivity (Wildman–Crippen MR) is 76.1 cm³/mol. The Morgan fingerprint density at radius 2 is 2.25 bits per heavy atom. The molecule has 2 saturated heterocycles. The van der Waals surface area contributed by atoms with Crippen molar-refractivity contribution in [2.24, 2.45) is 5.92 Å². The highest BCUT2D eigenvalue weighted by atomic mass is 16.2. The van der Waals surface area contributed by atoms with Crippen LogP contribution in [0.1, 0.15) is 28.8 Å². The minimum Gasteiger partial charge on any atom is -0.398 e. The van der Waals surface area contributed by atoms with Gasteiger partial charge in [-0.15, -0.1) is 0 Å². The maximum Gasteiger partial charge on any atom is 0.256 e. The van der Waals surface area contributed by atoms with Gasteiger partial charge in [0.1, 0.15) is 0 Å². The Kier molecular flexibility index (Phi) is 3.12. The van der Waals surface area contributed by atoms with E-state index >= 15 is 0 Å². The molecular formula is C15H19N3O2. The lowest BCUT2D eigenvalue weighted by Gasteiger charge is -2.36. The lowest BCUT2D eigenvalue weighted by Crippen LogP contribution is -2.48. The number of para-hydroxylation sites is 1. The summed E-state index contributed by atoms with van der Waals surface area (Å²) in [6.45, 7) is 3.15. The number of carbonyl (C=O) groups excluding carboxylic acids is 2. The zero-order valence-corrected chi connectivity index (χ0v) is 11.6. The van der Waals surface area contributed by atoms with Crippen LogP contribution in [0.4, 0.5) is 5.69 Å². The van der Waals surface area contributed by atoms with E-state index in [9.17, 15) is 9.59 Å². The molecule has 0 aromatic heterocycles. The summed E-state index contributed by atoms with van der Waals surface area (Å²) in [5.41, 5.74) is 8.02. The number of carbonyl (C=O) groups is 2. The molecule has 0 aliphatic carbocycles. The van der Waals surface area contributed by atoms with Crippen LogP contribution in [0.2, 0.25) is 0 Å². The third-order valence-electron chi connectivity index (χ3n) is 4.42. The summed E-state index contributed by atoms with van der Waals surface area (Å²) < 4.78 is 0. The van der Waals surface area contributed by atoms with Crippen molar-refractivity contribution in [1.82, 2.24) is 10.2 Å². The zero-order chi connectivity index (χ0) is 14.3. The molecule has 0 radical (unpaired) electrons. The molecule has 2 aliphatic heterocycles. The molecule has 3 N–H and O–H groups in total. The molecule has 5 heteroatoms. The number of nitrogen functional groups attached to an aromatic ring is 1. The fourth-order valence-corrected chi connectivity index (χ4v) is 3.23. The summed E-state index contributed by atoms with van der Waals surface area (Å²) in [5, 5.41) is 2.86. The minimum absolute atomic E-state index is 0.0244. The SMILES string of the molecule is Cc1cccc(C(=O)N2CCCC3C(=O)NCC32)c1N. The van der Waals surface area contributed by atoms with Gasteiger partial charge in [0, 0.05) is 18.8 Å². The quantitative estimate of drug-likeness (QED) is 0.747. The standard InChI is InChI=1S/C15H19N3O2/c1-9-4-2-5-11(13(9)16)15(20)18-7-3-6-10-12(18)8-17-14(10)19/h2,4-5,10,12H,3,6-8,16H2,1H3,(H,17,19). The van der Waals surface area contributed by atoms with Gasteiger partial charge in [-0.3, -0.25) is 9.59 Å². The van der Waals surface area contributed by atoms with Gasteiger partial charge in [0.2, 0.25) is 5.91 Å². The monoisotopic (exact) mass is 273 g/mol. The Morgan fingerprint density at radius 1 is 1.45 bits per heavy atom. The number of piperidine rings is 1. The van der Waals surface area contributed by atoms with Crippen LogP contribution in [-0.2, 0) is 4.79 Å². The largest absolute Gasteiger partial charge is 0.398 e. The summed E-state index contributed by atoms with van der Waals surface area (Å²) >= 11 is 0. The van der Waals surface area contributed by atoms with Crippen molar-refractivity contribution in [1.29, 1.82) is 0 Å². The van der Waals surface area contributed by atoms with Gasteiger partial charge in [-0.05, 0) is 31.4 Å². The van der Waals surface area contributed by atoms with Crippen LogP contribution >= 0.6 is 0 Å². The van der Waals surface area contributed by atoms with E-state index in [1.54, 1.807) is 6.07 Å². The van der Waals surface area contributed by atoms with Crippen LogP contribution in [0.5, 0.6) is 0 Å². The second-order valence-electron chi connectivity index (χ2n) is 5.60. The number of fused-ring (bicyclic) bond motifs is 1. The maximum atomic E-state index is 12.7. The Labute approximate surface area is 118 Å². The van der Waals surface area contributed by atoms with Crippen LogP contribution < -0.4 is 11.1 Å². The molecule has 2 atom stereocenters. The van der Waals surface area contributed by atoms with Gasteiger partial charge in [-0.25, -0.2) is 0 Å². The molecule has 2 fully saturated rings. The lowest BCUT2D eigenvalue weighted by molar-refractivity contribution is -0.123. The number of aryl methyl sites for hydroxylation is 1. The molecule has 2 aliphatic rings. The third-order valence-corrected chi connectivity index (χ3v) is 4.42. The molecular weight excluding hydrogens is 254 g/mol.